The average Bonchev–Trinajstić information content (AvgIpc) is 2.83. The van der Waals surface area contributed by atoms with E-state index in [0.717, 1.165) is 18.7 Å². The summed E-state index contributed by atoms with van der Waals surface area (Å²) in [5.74, 6) is 1.64. The largest absolute Gasteiger partial charge is 0.382 e. The number of nitrogens with two attached hydrogens (primary N) is 1. The van der Waals surface area contributed by atoms with Gasteiger partial charge in [0, 0.05) is 30.9 Å². The molecule has 86 valence electrons. The third kappa shape index (κ3) is 3.03. The molecule has 0 aromatic carbocycles. The third-order valence-electron chi connectivity index (χ3n) is 2.14. The Hall–Kier alpha value is -1.43. The van der Waals surface area contributed by atoms with Crippen molar-refractivity contribution in [2.24, 2.45) is 7.05 Å². The number of rotatable bonds is 5. The number of thioether (sulfide) groups is 1. The minimum absolute atomic E-state index is 0.583. The smallest absolute Gasteiger partial charge is 0.145 e. The number of hydrogen-bond acceptors (Lipinski definition) is 4. The molecule has 2 aromatic rings. The second-order valence-corrected chi connectivity index (χ2v) is 4.72. The van der Waals surface area contributed by atoms with E-state index in [1.54, 1.807) is 0 Å². The summed E-state index contributed by atoms with van der Waals surface area (Å²) in [6.07, 6.45) is 6.89. The molecule has 0 unspecified atom stereocenters. The standard InChI is InChI=1S/C10H15N5S/c1-14-8-9(7-12-14)16-6-2-4-15-5-3-10(11)13-15/h3,5,7-8H,2,4,6H2,1H3,(H2,11,13). The first-order valence-corrected chi connectivity index (χ1v) is 6.13. The quantitative estimate of drug-likeness (QED) is 0.630. The summed E-state index contributed by atoms with van der Waals surface area (Å²) in [6.45, 7) is 0.907. The fourth-order valence-electron chi connectivity index (χ4n) is 1.39. The van der Waals surface area contributed by atoms with Crippen molar-refractivity contribution in [2.45, 2.75) is 17.9 Å². The molecule has 0 radical (unpaired) electrons. The monoisotopic (exact) mass is 237 g/mol. The van der Waals surface area contributed by atoms with Crippen LogP contribution >= 0.6 is 11.8 Å². The first-order chi connectivity index (χ1) is 7.74. The molecule has 0 bridgehead atoms. The zero-order chi connectivity index (χ0) is 11.4. The number of aryl methyl sites for hydroxylation is 2. The lowest BCUT2D eigenvalue weighted by molar-refractivity contribution is 0.608. The van der Waals surface area contributed by atoms with Crippen molar-refractivity contribution in [2.75, 3.05) is 11.5 Å². The molecule has 0 amide bonds. The molecule has 0 saturated heterocycles. The molecule has 16 heavy (non-hydrogen) atoms. The second-order valence-electron chi connectivity index (χ2n) is 3.56. The third-order valence-corrected chi connectivity index (χ3v) is 3.18. The molecule has 0 aliphatic carbocycles. The Bertz CT molecular complexity index is 405. The first-order valence-electron chi connectivity index (χ1n) is 5.14. The van der Waals surface area contributed by atoms with Gasteiger partial charge in [0.2, 0.25) is 0 Å². The lowest BCUT2D eigenvalue weighted by Gasteiger charge is -2.00. The highest BCUT2D eigenvalue weighted by molar-refractivity contribution is 7.99. The first kappa shape index (κ1) is 11.1. The minimum atomic E-state index is 0.583. The lowest BCUT2D eigenvalue weighted by atomic mass is 10.5. The summed E-state index contributed by atoms with van der Waals surface area (Å²) in [4.78, 5) is 1.21. The van der Waals surface area contributed by atoms with Gasteiger partial charge in [0.05, 0.1) is 6.20 Å². The van der Waals surface area contributed by atoms with Crippen molar-refractivity contribution in [1.82, 2.24) is 19.6 Å². The van der Waals surface area contributed by atoms with Crippen molar-refractivity contribution < 1.29 is 0 Å². The van der Waals surface area contributed by atoms with Crippen molar-refractivity contribution in [1.29, 1.82) is 0 Å². The van der Waals surface area contributed by atoms with E-state index in [-0.39, 0.29) is 0 Å². The second kappa shape index (κ2) is 5.07. The lowest BCUT2D eigenvalue weighted by Crippen LogP contribution is -2.00. The molecule has 0 spiro atoms. The van der Waals surface area contributed by atoms with Crippen LogP contribution in [-0.4, -0.2) is 25.3 Å². The SMILES string of the molecule is Cn1cc(SCCCn2ccc(N)n2)cn1. The normalized spacial score (nSPS) is 10.8. The predicted octanol–water partition coefficient (Wildman–Crippen LogP) is 1.38. The van der Waals surface area contributed by atoms with Gasteiger partial charge < -0.3 is 5.73 Å². The van der Waals surface area contributed by atoms with Gasteiger partial charge in [-0.3, -0.25) is 9.36 Å². The van der Waals surface area contributed by atoms with Gasteiger partial charge in [-0.2, -0.15) is 10.2 Å². The maximum atomic E-state index is 5.53. The van der Waals surface area contributed by atoms with Crippen LogP contribution in [0.3, 0.4) is 0 Å². The van der Waals surface area contributed by atoms with Gasteiger partial charge in [-0.15, -0.1) is 11.8 Å². The number of hydrogen-bond donors (Lipinski definition) is 1. The van der Waals surface area contributed by atoms with E-state index < -0.39 is 0 Å². The Morgan fingerprint density at radius 2 is 2.38 bits per heavy atom. The van der Waals surface area contributed by atoms with E-state index in [9.17, 15) is 0 Å². The Kier molecular flexibility index (Phi) is 3.51. The summed E-state index contributed by atoms with van der Waals surface area (Å²) in [5, 5.41) is 8.25. The van der Waals surface area contributed by atoms with Crippen LogP contribution in [0, 0.1) is 0 Å². The molecule has 0 saturated carbocycles. The molecule has 5 nitrogen and oxygen atoms in total. The number of nitrogens with zero attached hydrogens (tertiary/aromatic N) is 4. The molecule has 2 rings (SSSR count). The number of anilines is 1. The van der Waals surface area contributed by atoms with Crippen molar-refractivity contribution in [3.63, 3.8) is 0 Å². The van der Waals surface area contributed by atoms with Gasteiger partial charge in [0.25, 0.3) is 0 Å². The summed E-state index contributed by atoms with van der Waals surface area (Å²) in [7, 11) is 1.93. The molecule has 2 heterocycles. The average molecular weight is 237 g/mol. The predicted molar refractivity (Wildman–Crippen MR) is 65.2 cm³/mol. The Morgan fingerprint density at radius 3 is 3.00 bits per heavy atom. The topological polar surface area (TPSA) is 61.7 Å². The Labute approximate surface area is 98.6 Å². The Balaban J connectivity index is 1.69. The molecular weight excluding hydrogens is 222 g/mol. The molecule has 0 aliphatic rings. The van der Waals surface area contributed by atoms with E-state index >= 15 is 0 Å². The summed E-state index contributed by atoms with van der Waals surface area (Å²) < 4.78 is 3.69. The molecule has 2 N–H and O–H groups in total. The molecule has 2 aromatic heterocycles. The van der Waals surface area contributed by atoms with E-state index in [1.165, 1.54) is 4.90 Å². The highest BCUT2D eigenvalue weighted by atomic mass is 32.2. The van der Waals surface area contributed by atoms with Crippen LogP contribution in [0.5, 0.6) is 0 Å². The zero-order valence-corrected chi connectivity index (χ0v) is 10.0. The maximum absolute atomic E-state index is 5.53. The molecule has 0 atom stereocenters. The zero-order valence-electron chi connectivity index (χ0n) is 9.21. The highest BCUT2D eigenvalue weighted by Crippen LogP contribution is 2.17. The number of nitrogen functional groups attached to an aromatic ring is 1. The van der Waals surface area contributed by atoms with Crippen LogP contribution in [0.2, 0.25) is 0 Å². The van der Waals surface area contributed by atoms with Gasteiger partial charge in [0.1, 0.15) is 5.82 Å². The van der Waals surface area contributed by atoms with Gasteiger partial charge in [-0.1, -0.05) is 0 Å². The number of aromatic nitrogens is 4. The fourth-order valence-corrected chi connectivity index (χ4v) is 2.25. The molecule has 0 aliphatic heterocycles. The fraction of sp³-hybridized carbons (Fsp3) is 0.400. The Morgan fingerprint density at radius 1 is 1.50 bits per heavy atom. The van der Waals surface area contributed by atoms with Crippen LogP contribution in [0.1, 0.15) is 6.42 Å². The van der Waals surface area contributed by atoms with Crippen LogP contribution in [0.15, 0.2) is 29.6 Å². The molecular formula is C10H15N5S. The van der Waals surface area contributed by atoms with Crippen LogP contribution in [0.4, 0.5) is 5.82 Å². The molecule has 0 fully saturated rings. The van der Waals surface area contributed by atoms with Gasteiger partial charge in [-0.05, 0) is 18.2 Å². The van der Waals surface area contributed by atoms with E-state index in [4.69, 9.17) is 5.73 Å². The molecule has 6 heteroatoms. The highest BCUT2D eigenvalue weighted by Gasteiger charge is 1.98. The van der Waals surface area contributed by atoms with Gasteiger partial charge >= 0.3 is 0 Å². The summed E-state index contributed by atoms with van der Waals surface area (Å²) in [5.41, 5.74) is 5.53. The summed E-state index contributed by atoms with van der Waals surface area (Å²) in [6, 6.07) is 1.81. The van der Waals surface area contributed by atoms with Crippen molar-refractivity contribution in [3.8, 4) is 0 Å². The van der Waals surface area contributed by atoms with Crippen molar-refractivity contribution in [3.05, 3.63) is 24.7 Å². The van der Waals surface area contributed by atoms with Crippen LogP contribution in [0.25, 0.3) is 0 Å². The van der Waals surface area contributed by atoms with Crippen LogP contribution < -0.4 is 5.73 Å². The van der Waals surface area contributed by atoms with E-state index in [1.807, 2.05) is 52.8 Å². The minimum Gasteiger partial charge on any atom is -0.382 e. The van der Waals surface area contributed by atoms with Crippen LogP contribution in [-0.2, 0) is 13.6 Å². The van der Waals surface area contributed by atoms with E-state index in [0.29, 0.717) is 5.82 Å². The van der Waals surface area contributed by atoms with Gasteiger partial charge in [-0.25, -0.2) is 0 Å². The van der Waals surface area contributed by atoms with Crippen molar-refractivity contribution >= 4 is 17.6 Å². The maximum Gasteiger partial charge on any atom is 0.145 e. The summed E-state index contributed by atoms with van der Waals surface area (Å²) >= 11 is 1.81. The van der Waals surface area contributed by atoms with E-state index in [2.05, 4.69) is 10.2 Å². The van der Waals surface area contributed by atoms with Gasteiger partial charge in [0.15, 0.2) is 0 Å².